The minimum Gasteiger partial charge on any atom is -0.496 e. The molecular weight excluding hydrogens is 298 g/mol. The van der Waals surface area contributed by atoms with Crippen LogP contribution in [0.2, 0.25) is 5.02 Å². The fraction of sp³-hybridized carbons (Fsp3) is 0.278. The topological polar surface area (TPSA) is 29.5 Å². The van der Waals surface area contributed by atoms with Gasteiger partial charge in [0.05, 0.1) is 12.7 Å². The standard InChI is InChI=1S/C18H20ClNO2/c1-12-5-6-14(13(2)9-12)11-20(3)18(21)16-10-15(19)7-8-17(16)22-4/h5-10H,11H2,1-4H3. The minimum absolute atomic E-state index is 0.112. The number of methoxy groups -OCH3 is 1. The van der Waals surface area contributed by atoms with E-state index in [1.54, 1.807) is 37.3 Å². The molecule has 2 aromatic rings. The van der Waals surface area contributed by atoms with E-state index < -0.39 is 0 Å². The van der Waals surface area contributed by atoms with Crippen LogP contribution in [0.15, 0.2) is 36.4 Å². The zero-order valence-electron chi connectivity index (χ0n) is 13.3. The molecule has 0 aromatic heterocycles. The first-order chi connectivity index (χ1) is 10.4. The number of nitrogens with zero attached hydrogens (tertiary/aromatic N) is 1. The third-order valence-corrected chi connectivity index (χ3v) is 3.88. The summed E-state index contributed by atoms with van der Waals surface area (Å²) in [7, 11) is 3.33. The molecule has 4 heteroatoms. The lowest BCUT2D eigenvalue weighted by Gasteiger charge is -2.20. The summed E-state index contributed by atoms with van der Waals surface area (Å²) in [5, 5.41) is 0.518. The molecule has 0 unspecified atom stereocenters. The predicted octanol–water partition coefficient (Wildman–Crippen LogP) is 4.24. The lowest BCUT2D eigenvalue weighted by molar-refractivity contribution is 0.0781. The van der Waals surface area contributed by atoms with E-state index in [4.69, 9.17) is 16.3 Å². The van der Waals surface area contributed by atoms with Gasteiger partial charge in [-0.25, -0.2) is 0 Å². The third kappa shape index (κ3) is 3.60. The van der Waals surface area contributed by atoms with Crippen LogP contribution in [0.1, 0.15) is 27.0 Å². The first-order valence-electron chi connectivity index (χ1n) is 7.07. The Labute approximate surface area is 136 Å². The van der Waals surface area contributed by atoms with E-state index in [0.29, 0.717) is 22.9 Å². The van der Waals surface area contributed by atoms with Gasteiger partial charge in [0.1, 0.15) is 5.75 Å². The molecule has 2 aromatic carbocycles. The van der Waals surface area contributed by atoms with Crippen LogP contribution < -0.4 is 4.74 Å². The number of ether oxygens (including phenoxy) is 1. The molecule has 0 saturated heterocycles. The van der Waals surface area contributed by atoms with Gasteiger partial charge < -0.3 is 9.64 Å². The summed E-state index contributed by atoms with van der Waals surface area (Å²) in [6.45, 7) is 4.66. The molecule has 0 heterocycles. The monoisotopic (exact) mass is 317 g/mol. The normalized spacial score (nSPS) is 10.4. The molecule has 1 amide bonds. The van der Waals surface area contributed by atoms with Crippen LogP contribution in [0, 0.1) is 13.8 Å². The second-order valence-corrected chi connectivity index (χ2v) is 5.87. The second-order valence-electron chi connectivity index (χ2n) is 5.44. The molecule has 0 atom stereocenters. The van der Waals surface area contributed by atoms with Gasteiger partial charge in [-0.15, -0.1) is 0 Å². The minimum atomic E-state index is -0.112. The maximum Gasteiger partial charge on any atom is 0.257 e. The van der Waals surface area contributed by atoms with Crippen LogP contribution in [0.5, 0.6) is 5.75 Å². The van der Waals surface area contributed by atoms with E-state index >= 15 is 0 Å². The van der Waals surface area contributed by atoms with E-state index in [9.17, 15) is 4.79 Å². The van der Waals surface area contributed by atoms with Crippen LogP contribution in [-0.2, 0) is 6.54 Å². The highest BCUT2D eigenvalue weighted by atomic mass is 35.5. The molecule has 0 N–H and O–H groups in total. The van der Waals surface area contributed by atoms with Crippen molar-refractivity contribution in [1.29, 1.82) is 0 Å². The SMILES string of the molecule is COc1ccc(Cl)cc1C(=O)N(C)Cc1ccc(C)cc1C. The highest BCUT2D eigenvalue weighted by Gasteiger charge is 2.18. The fourth-order valence-electron chi connectivity index (χ4n) is 2.40. The number of aryl methyl sites for hydroxylation is 2. The lowest BCUT2D eigenvalue weighted by atomic mass is 10.0. The van der Waals surface area contributed by atoms with Gasteiger partial charge >= 0.3 is 0 Å². The Balaban J connectivity index is 2.24. The third-order valence-electron chi connectivity index (χ3n) is 3.64. The summed E-state index contributed by atoms with van der Waals surface area (Å²) in [4.78, 5) is 14.3. The summed E-state index contributed by atoms with van der Waals surface area (Å²) >= 11 is 6.00. The van der Waals surface area contributed by atoms with Gasteiger partial charge in [0.2, 0.25) is 0 Å². The molecule has 0 aliphatic heterocycles. The van der Waals surface area contributed by atoms with Gasteiger partial charge in [-0.05, 0) is 43.2 Å². The van der Waals surface area contributed by atoms with Crippen molar-refractivity contribution in [3.8, 4) is 5.75 Å². The van der Waals surface area contributed by atoms with Crippen molar-refractivity contribution >= 4 is 17.5 Å². The Bertz CT molecular complexity index is 697. The molecule has 22 heavy (non-hydrogen) atoms. The van der Waals surface area contributed by atoms with Crippen LogP contribution in [-0.4, -0.2) is 25.0 Å². The summed E-state index contributed by atoms with van der Waals surface area (Å²) < 4.78 is 5.26. The lowest BCUT2D eigenvalue weighted by Crippen LogP contribution is -2.27. The Morgan fingerprint density at radius 3 is 2.55 bits per heavy atom. The van der Waals surface area contributed by atoms with E-state index in [1.165, 1.54) is 11.1 Å². The number of rotatable bonds is 4. The average molecular weight is 318 g/mol. The number of hydrogen-bond donors (Lipinski definition) is 0. The smallest absolute Gasteiger partial charge is 0.257 e. The summed E-state index contributed by atoms with van der Waals surface area (Å²) in [5.41, 5.74) is 3.99. The van der Waals surface area contributed by atoms with E-state index in [-0.39, 0.29) is 5.91 Å². The molecule has 0 fully saturated rings. The van der Waals surface area contributed by atoms with Gasteiger partial charge in [0.15, 0.2) is 0 Å². The Morgan fingerprint density at radius 2 is 1.91 bits per heavy atom. The number of carbonyl (C=O) groups is 1. The summed E-state index contributed by atoms with van der Waals surface area (Å²) in [6.07, 6.45) is 0. The van der Waals surface area contributed by atoms with E-state index in [0.717, 1.165) is 5.56 Å². The maximum atomic E-state index is 12.6. The van der Waals surface area contributed by atoms with Crippen molar-refractivity contribution in [3.63, 3.8) is 0 Å². The van der Waals surface area contributed by atoms with Gasteiger partial charge in [-0.1, -0.05) is 35.4 Å². The Kier molecular flexibility index (Phi) is 5.09. The zero-order chi connectivity index (χ0) is 16.3. The highest BCUT2D eigenvalue weighted by Crippen LogP contribution is 2.24. The fourth-order valence-corrected chi connectivity index (χ4v) is 2.58. The Hall–Kier alpha value is -2.00. The largest absolute Gasteiger partial charge is 0.496 e. The molecule has 3 nitrogen and oxygen atoms in total. The van der Waals surface area contributed by atoms with Gasteiger partial charge in [-0.2, -0.15) is 0 Å². The number of hydrogen-bond acceptors (Lipinski definition) is 2. The molecule has 2 rings (SSSR count). The van der Waals surface area contributed by atoms with Crippen molar-refractivity contribution in [2.45, 2.75) is 20.4 Å². The number of halogens is 1. The van der Waals surface area contributed by atoms with Crippen LogP contribution in [0.25, 0.3) is 0 Å². The van der Waals surface area contributed by atoms with Crippen molar-refractivity contribution in [3.05, 3.63) is 63.7 Å². The van der Waals surface area contributed by atoms with Crippen LogP contribution >= 0.6 is 11.6 Å². The van der Waals surface area contributed by atoms with Crippen molar-refractivity contribution in [1.82, 2.24) is 4.90 Å². The van der Waals surface area contributed by atoms with E-state index in [1.807, 2.05) is 0 Å². The molecule has 116 valence electrons. The summed E-state index contributed by atoms with van der Waals surface area (Å²) in [5.74, 6) is 0.418. The van der Waals surface area contributed by atoms with Crippen LogP contribution in [0.4, 0.5) is 0 Å². The van der Waals surface area contributed by atoms with Gasteiger partial charge in [0, 0.05) is 18.6 Å². The maximum absolute atomic E-state index is 12.6. The summed E-state index contributed by atoms with van der Waals surface area (Å²) in [6, 6.07) is 11.3. The number of carbonyl (C=O) groups excluding carboxylic acids is 1. The quantitative estimate of drug-likeness (QED) is 0.844. The highest BCUT2D eigenvalue weighted by molar-refractivity contribution is 6.31. The molecule has 0 bridgehead atoms. The van der Waals surface area contributed by atoms with Crippen molar-refractivity contribution < 1.29 is 9.53 Å². The molecule has 0 radical (unpaired) electrons. The van der Waals surface area contributed by atoms with Gasteiger partial charge in [-0.3, -0.25) is 4.79 Å². The first-order valence-corrected chi connectivity index (χ1v) is 7.45. The van der Waals surface area contributed by atoms with E-state index in [2.05, 4.69) is 32.0 Å². The van der Waals surface area contributed by atoms with Gasteiger partial charge in [0.25, 0.3) is 5.91 Å². The molecule has 0 aliphatic rings. The molecule has 0 spiro atoms. The van der Waals surface area contributed by atoms with Crippen molar-refractivity contribution in [2.24, 2.45) is 0 Å². The Morgan fingerprint density at radius 1 is 1.18 bits per heavy atom. The average Bonchev–Trinajstić information content (AvgIpc) is 2.49. The molecule has 0 saturated carbocycles. The number of amides is 1. The number of benzene rings is 2. The molecular formula is C18H20ClNO2. The predicted molar refractivity (Wildman–Crippen MR) is 89.7 cm³/mol. The van der Waals surface area contributed by atoms with Crippen LogP contribution in [0.3, 0.4) is 0 Å². The molecule has 0 aliphatic carbocycles. The second kappa shape index (κ2) is 6.84. The zero-order valence-corrected chi connectivity index (χ0v) is 14.1. The van der Waals surface area contributed by atoms with Crippen molar-refractivity contribution in [2.75, 3.05) is 14.2 Å². The first kappa shape index (κ1) is 16.4.